The van der Waals surface area contributed by atoms with Gasteiger partial charge in [-0.1, -0.05) is 0 Å². The number of aromatic amines is 1. The molecule has 0 unspecified atom stereocenters. The minimum absolute atomic E-state index is 0.284. The van der Waals surface area contributed by atoms with Crippen LogP contribution in [0.15, 0.2) is 23.6 Å². The minimum Gasteiger partial charge on any atom is -0.337 e. The van der Waals surface area contributed by atoms with E-state index in [0.29, 0.717) is 17.9 Å². The highest BCUT2D eigenvalue weighted by Crippen LogP contribution is 2.22. The average molecular weight is 248 g/mol. The maximum absolute atomic E-state index is 13.0. The number of nitrogens with zero attached hydrogens (tertiary/aromatic N) is 2. The fourth-order valence-corrected chi connectivity index (χ4v) is 2.28. The first-order valence-electron chi connectivity index (χ1n) is 5.06. The summed E-state index contributed by atoms with van der Waals surface area (Å²) in [5.74, 6) is 0.357. The molecule has 2 heterocycles. The Morgan fingerprint density at radius 2 is 2.24 bits per heavy atom. The van der Waals surface area contributed by atoms with Gasteiger partial charge in [0.2, 0.25) is 0 Å². The zero-order valence-corrected chi connectivity index (χ0v) is 9.59. The van der Waals surface area contributed by atoms with Gasteiger partial charge >= 0.3 is 0 Å². The van der Waals surface area contributed by atoms with Crippen LogP contribution in [0.4, 0.5) is 4.39 Å². The first-order valence-corrected chi connectivity index (χ1v) is 5.94. The van der Waals surface area contributed by atoms with E-state index in [1.165, 1.54) is 23.5 Å². The zero-order valence-electron chi connectivity index (χ0n) is 8.77. The van der Waals surface area contributed by atoms with E-state index in [2.05, 4.69) is 15.0 Å². The van der Waals surface area contributed by atoms with Crippen molar-refractivity contribution in [1.82, 2.24) is 15.0 Å². The van der Waals surface area contributed by atoms with Crippen molar-refractivity contribution in [1.29, 1.82) is 0 Å². The van der Waals surface area contributed by atoms with Crippen molar-refractivity contribution in [3.63, 3.8) is 0 Å². The van der Waals surface area contributed by atoms with Gasteiger partial charge in [0.25, 0.3) is 0 Å². The van der Waals surface area contributed by atoms with Gasteiger partial charge in [0.15, 0.2) is 5.82 Å². The van der Waals surface area contributed by atoms with E-state index < -0.39 is 0 Å². The third kappa shape index (κ3) is 1.81. The lowest BCUT2D eigenvalue weighted by atomic mass is 10.3. The quantitative estimate of drug-likeness (QED) is 0.731. The van der Waals surface area contributed by atoms with Crippen LogP contribution >= 0.6 is 11.3 Å². The van der Waals surface area contributed by atoms with Crippen LogP contribution in [0.5, 0.6) is 0 Å². The standard InChI is InChI=1S/C11H9FN4S/c12-6-1-2-7-8(3-6)16-11(15-7)9-5-17-10(4-13)14-9/h1-3,5H,4,13H2,(H,15,16). The first-order chi connectivity index (χ1) is 8.26. The third-order valence-corrected chi connectivity index (χ3v) is 3.28. The minimum atomic E-state index is -0.284. The molecule has 3 aromatic rings. The maximum Gasteiger partial charge on any atom is 0.158 e. The summed E-state index contributed by atoms with van der Waals surface area (Å²) in [6.45, 7) is 0.416. The van der Waals surface area contributed by atoms with Crippen molar-refractivity contribution >= 4 is 22.4 Å². The molecule has 0 spiro atoms. The molecule has 0 aliphatic carbocycles. The zero-order chi connectivity index (χ0) is 11.8. The molecule has 86 valence electrons. The fourth-order valence-electron chi connectivity index (χ4n) is 1.62. The SMILES string of the molecule is NCc1nc(-c2nc3ccc(F)cc3[nH]2)cs1. The lowest BCUT2D eigenvalue weighted by Gasteiger charge is -1.87. The molecule has 2 aromatic heterocycles. The maximum atomic E-state index is 13.0. The molecule has 0 amide bonds. The molecule has 0 radical (unpaired) electrons. The molecule has 0 aliphatic rings. The van der Waals surface area contributed by atoms with E-state index in [0.717, 1.165) is 16.2 Å². The van der Waals surface area contributed by atoms with Crippen LogP contribution in [0.25, 0.3) is 22.6 Å². The highest BCUT2D eigenvalue weighted by atomic mass is 32.1. The Bertz CT molecular complexity index is 673. The third-order valence-electron chi connectivity index (χ3n) is 2.41. The number of halogens is 1. The molecule has 4 nitrogen and oxygen atoms in total. The van der Waals surface area contributed by atoms with Crippen molar-refractivity contribution < 1.29 is 4.39 Å². The second-order valence-corrected chi connectivity index (χ2v) is 4.52. The molecule has 6 heteroatoms. The summed E-state index contributed by atoms with van der Waals surface area (Å²) in [5.41, 5.74) is 7.64. The lowest BCUT2D eigenvalue weighted by molar-refractivity contribution is 0.629. The Kier molecular flexibility index (Phi) is 2.38. The number of hydrogen-bond acceptors (Lipinski definition) is 4. The van der Waals surface area contributed by atoms with Crippen molar-refractivity contribution in [3.8, 4) is 11.5 Å². The molecule has 0 saturated heterocycles. The number of fused-ring (bicyclic) bond motifs is 1. The number of nitrogens with two attached hydrogens (primary N) is 1. The summed E-state index contributed by atoms with van der Waals surface area (Å²) in [6.07, 6.45) is 0. The Hall–Kier alpha value is -1.79. The number of benzene rings is 1. The van der Waals surface area contributed by atoms with Crippen LogP contribution in [0.2, 0.25) is 0 Å². The summed E-state index contributed by atoms with van der Waals surface area (Å²) < 4.78 is 13.0. The van der Waals surface area contributed by atoms with Gasteiger partial charge in [-0.15, -0.1) is 11.3 Å². The van der Waals surface area contributed by atoms with E-state index in [1.807, 2.05) is 5.38 Å². The van der Waals surface area contributed by atoms with Crippen molar-refractivity contribution in [2.75, 3.05) is 0 Å². The molecule has 0 aliphatic heterocycles. The molecular formula is C11H9FN4S. The summed E-state index contributed by atoms with van der Waals surface area (Å²) in [6, 6.07) is 4.45. The number of imidazole rings is 1. The van der Waals surface area contributed by atoms with Crippen LogP contribution in [0.3, 0.4) is 0 Å². The summed E-state index contributed by atoms with van der Waals surface area (Å²) in [7, 11) is 0. The lowest BCUT2D eigenvalue weighted by Crippen LogP contribution is -1.94. The Labute approximate surface area is 100 Å². The topological polar surface area (TPSA) is 67.6 Å². The van der Waals surface area contributed by atoms with E-state index in [4.69, 9.17) is 5.73 Å². The highest BCUT2D eigenvalue weighted by Gasteiger charge is 2.09. The Morgan fingerprint density at radius 1 is 1.35 bits per heavy atom. The van der Waals surface area contributed by atoms with Crippen LogP contribution in [0.1, 0.15) is 5.01 Å². The molecule has 0 saturated carbocycles. The van der Waals surface area contributed by atoms with Crippen molar-refractivity contribution in [2.24, 2.45) is 5.73 Å². The van der Waals surface area contributed by atoms with Gasteiger partial charge in [-0.05, 0) is 18.2 Å². The molecule has 0 atom stereocenters. The normalized spacial score (nSPS) is 11.2. The second kappa shape index (κ2) is 3.90. The molecule has 17 heavy (non-hydrogen) atoms. The monoisotopic (exact) mass is 248 g/mol. The molecule has 0 fully saturated rings. The van der Waals surface area contributed by atoms with Gasteiger partial charge in [0, 0.05) is 11.9 Å². The largest absolute Gasteiger partial charge is 0.337 e. The fraction of sp³-hybridized carbons (Fsp3) is 0.0909. The van der Waals surface area contributed by atoms with Crippen molar-refractivity contribution in [2.45, 2.75) is 6.54 Å². The number of thiazole rings is 1. The predicted molar refractivity (Wildman–Crippen MR) is 65.1 cm³/mol. The van der Waals surface area contributed by atoms with Crippen molar-refractivity contribution in [3.05, 3.63) is 34.4 Å². The predicted octanol–water partition coefficient (Wildman–Crippen LogP) is 2.28. The molecular weight excluding hydrogens is 239 g/mol. The first kappa shape index (κ1) is 10.4. The average Bonchev–Trinajstić information content (AvgIpc) is 2.93. The van der Waals surface area contributed by atoms with Crippen LogP contribution in [-0.4, -0.2) is 15.0 Å². The molecule has 0 bridgehead atoms. The molecule has 3 N–H and O–H groups in total. The van der Waals surface area contributed by atoms with Gasteiger partial charge in [0.05, 0.1) is 11.0 Å². The molecule has 1 aromatic carbocycles. The van der Waals surface area contributed by atoms with Gasteiger partial charge in [-0.3, -0.25) is 0 Å². The summed E-state index contributed by atoms with van der Waals surface area (Å²) in [5, 5.41) is 2.74. The Balaban J connectivity index is 2.11. The van der Waals surface area contributed by atoms with E-state index in [-0.39, 0.29) is 5.82 Å². The van der Waals surface area contributed by atoms with Crippen LogP contribution in [-0.2, 0) is 6.54 Å². The summed E-state index contributed by atoms with van der Waals surface area (Å²) >= 11 is 1.49. The summed E-state index contributed by atoms with van der Waals surface area (Å²) in [4.78, 5) is 11.7. The Morgan fingerprint density at radius 3 is 3.00 bits per heavy atom. The smallest absolute Gasteiger partial charge is 0.158 e. The number of nitrogens with one attached hydrogen (secondary N) is 1. The second-order valence-electron chi connectivity index (χ2n) is 3.58. The van der Waals surface area contributed by atoms with Gasteiger partial charge in [-0.2, -0.15) is 0 Å². The van der Waals surface area contributed by atoms with Crippen LogP contribution in [0, 0.1) is 5.82 Å². The van der Waals surface area contributed by atoms with E-state index in [9.17, 15) is 4.39 Å². The number of hydrogen-bond donors (Lipinski definition) is 2. The highest BCUT2D eigenvalue weighted by molar-refractivity contribution is 7.09. The van der Waals surface area contributed by atoms with Crippen LogP contribution < -0.4 is 5.73 Å². The van der Waals surface area contributed by atoms with Gasteiger partial charge in [-0.25, -0.2) is 14.4 Å². The van der Waals surface area contributed by atoms with Gasteiger partial charge < -0.3 is 10.7 Å². The van der Waals surface area contributed by atoms with Gasteiger partial charge in [0.1, 0.15) is 16.5 Å². The van der Waals surface area contributed by atoms with E-state index >= 15 is 0 Å². The number of rotatable bonds is 2. The number of aromatic nitrogens is 3. The molecule has 3 rings (SSSR count). The number of H-pyrrole nitrogens is 1. The van der Waals surface area contributed by atoms with E-state index in [1.54, 1.807) is 6.07 Å².